The standard InChI is InChI=1S/C13H20N4O/c1-3-6-15-12-8-14-7-11(17-12)13(18)16-9(2)10-4-5-10/h7-10H,3-6H2,1-2H3,(H,15,17)(H,16,18). The Morgan fingerprint density at radius 2 is 2.28 bits per heavy atom. The van der Waals surface area contributed by atoms with Crippen molar-refractivity contribution in [2.45, 2.75) is 39.2 Å². The molecule has 0 aromatic carbocycles. The third kappa shape index (κ3) is 3.42. The Labute approximate surface area is 107 Å². The average Bonchev–Trinajstić information content (AvgIpc) is 3.21. The summed E-state index contributed by atoms with van der Waals surface area (Å²) in [6, 6.07) is 0.228. The fourth-order valence-corrected chi connectivity index (χ4v) is 1.81. The minimum atomic E-state index is -0.137. The molecule has 1 saturated carbocycles. The summed E-state index contributed by atoms with van der Waals surface area (Å²) in [5.74, 6) is 1.16. The Kier molecular flexibility index (Phi) is 4.12. The fourth-order valence-electron chi connectivity index (χ4n) is 1.81. The second-order valence-electron chi connectivity index (χ2n) is 4.82. The van der Waals surface area contributed by atoms with Gasteiger partial charge in [0.05, 0.1) is 12.4 Å². The maximum Gasteiger partial charge on any atom is 0.271 e. The van der Waals surface area contributed by atoms with E-state index in [1.165, 1.54) is 19.0 Å². The molecule has 0 saturated heterocycles. The van der Waals surface area contributed by atoms with Crippen molar-refractivity contribution in [3.05, 3.63) is 18.1 Å². The van der Waals surface area contributed by atoms with E-state index in [9.17, 15) is 4.79 Å². The zero-order valence-corrected chi connectivity index (χ0v) is 10.9. The highest BCUT2D eigenvalue weighted by atomic mass is 16.1. The molecule has 1 unspecified atom stereocenters. The van der Waals surface area contributed by atoms with Gasteiger partial charge in [-0.2, -0.15) is 0 Å². The molecule has 1 aliphatic rings. The summed E-state index contributed by atoms with van der Waals surface area (Å²) in [5, 5.41) is 6.10. The topological polar surface area (TPSA) is 66.9 Å². The van der Waals surface area contributed by atoms with Gasteiger partial charge in [-0.15, -0.1) is 0 Å². The lowest BCUT2D eigenvalue weighted by Gasteiger charge is -2.12. The molecule has 5 heteroatoms. The van der Waals surface area contributed by atoms with Gasteiger partial charge >= 0.3 is 0 Å². The van der Waals surface area contributed by atoms with Gasteiger partial charge in [0.1, 0.15) is 11.5 Å². The second-order valence-corrected chi connectivity index (χ2v) is 4.82. The molecule has 1 fully saturated rings. The molecule has 18 heavy (non-hydrogen) atoms. The van der Waals surface area contributed by atoms with Crippen LogP contribution < -0.4 is 10.6 Å². The molecular weight excluding hydrogens is 228 g/mol. The molecule has 2 rings (SSSR count). The summed E-state index contributed by atoms with van der Waals surface area (Å²) < 4.78 is 0. The second kappa shape index (κ2) is 5.80. The van der Waals surface area contributed by atoms with Crippen molar-refractivity contribution in [1.82, 2.24) is 15.3 Å². The Hall–Kier alpha value is -1.65. The van der Waals surface area contributed by atoms with Crippen molar-refractivity contribution >= 4 is 11.7 Å². The number of aromatic nitrogens is 2. The van der Waals surface area contributed by atoms with Crippen molar-refractivity contribution in [3.63, 3.8) is 0 Å². The van der Waals surface area contributed by atoms with Crippen LogP contribution in [-0.2, 0) is 0 Å². The van der Waals surface area contributed by atoms with E-state index >= 15 is 0 Å². The smallest absolute Gasteiger partial charge is 0.271 e. The van der Waals surface area contributed by atoms with Crippen LogP contribution in [0, 0.1) is 5.92 Å². The molecule has 1 aromatic heterocycles. The lowest BCUT2D eigenvalue weighted by atomic mass is 10.2. The van der Waals surface area contributed by atoms with Gasteiger partial charge in [0.25, 0.3) is 5.91 Å². The molecule has 5 nitrogen and oxygen atoms in total. The highest BCUT2D eigenvalue weighted by molar-refractivity contribution is 5.92. The largest absolute Gasteiger partial charge is 0.369 e. The van der Waals surface area contributed by atoms with Gasteiger partial charge < -0.3 is 10.6 Å². The van der Waals surface area contributed by atoms with E-state index in [4.69, 9.17) is 0 Å². The first-order valence-corrected chi connectivity index (χ1v) is 6.57. The highest BCUT2D eigenvalue weighted by Gasteiger charge is 2.29. The summed E-state index contributed by atoms with van der Waals surface area (Å²) in [6.07, 6.45) is 6.58. The Morgan fingerprint density at radius 3 is 2.94 bits per heavy atom. The van der Waals surface area contributed by atoms with Gasteiger partial charge in [-0.25, -0.2) is 4.98 Å². The summed E-state index contributed by atoms with van der Waals surface area (Å²) in [6.45, 7) is 4.95. The predicted molar refractivity (Wildman–Crippen MR) is 70.5 cm³/mol. The van der Waals surface area contributed by atoms with E-state index in [1.54, 1.807) is 6.20 Å². The van der Waals surface area contributed by atoms with E-state index < -0.39 is 0 Å². The SMILES string of the molecule is CCCNc1cncc(C(=O)NC(C)C2CC2)n1. The van der Waals surface area contributed by atoms with E-state index in [0.717, 1.165) is 13.0 Å². The number of rotatable bonds is 6. The van der Waals surface area contributed by atoms with Gasteiger partial charge in [0, 0.05) is 12.6 Å². The van der Waals surface area contributed by atoms with E-state index in [2.05, 4.69) is 27.5 Å². The summed E-state index contributed by atoms with van der Waals surface area (Å²) in [7, 11) is 0. The monoisotopic (exact) mass is 248 g/mol. The number of nitrogens with zero attached hydrogens (tertiary/aromatic N) is 2. The Bertz CT molecular complexity index is 417. The van der Waals surface area contributed by atoms with Crippen LogP contribution >= 0.6 is 0 Å². The first-order valence-electron chi connectivity index (χ1n) is 6.57. The molecular formula is C13H20N4O. The molecule has 1 amide bonds. The van der Waals surface area contributed by atoms with Gasteiger partial charge in [0.15, 0.2) is 0 Å². The summed E-state index contributed by atoms with van der Waals surface area (Å²) >= 11 is 0. The fraction of sp³-hybridized carbons (Fsp3) is 0.615. The molecule has 0 bridgehead atoms. The summed E-state index contributed by atoms with van der Waals surface area (Å²) in [5.41, 5.74) is 0.378. The van der Waals surface area contributed by atoms with Crippen molar-refractivity contribution in [1.29, 1.82) is 0 Å². The van der Waals surface area contributed by atoms with Gasteiger partial charge in [-0.3, -0.25) is 9.78 Å². The zero-order valence-electron chi connectivity index (χ0n) is 10.9. The van der Waals surface area contributed by atoms with Crippen molar-refractivity contribution in [3.8, 4) is 0 Å². The first-order chi connectivity index (χ1) is 8.70. The number of anilines is 1. The number of nitrogens with one attached hydrogen (secondary N) is 2. The van der Waals surface area contributed by atoms with Crippen molar-refractivity contribution < 1.29 is 4.79 Å². The zero-order chi connectivity index (χ0) is 13.0. The van der Waals surface area contributed by atoms with Crippen LogP contribution in [0.1, 0.15) is 43.6 Å². The minimum Gasteiger partial charge on any atom is -0.369 e. The van der Waals surface area contributed by atoms with Crippen LogP contribution in [-0.4, -0.2) is 28.5 Å². The van der Waals surface area contributed by atoms with Crippen molar-refractivity contribution in [2.24, 2.45) is 5.92 Å². The van der Waals surface area contributed by atoms with Crippen LogP contribution in [0.2, 0.25) is 0 Å². The first kappa shape index (κ1) is 12.8. The van der Waals surface area contributed by atoms with Crippen LogP contribution in [0.3, 0.4) is 0 Å². The number of carbonyl (C=O) groups is 1. The van der Waals surface area contributed by atoms with Gasteiger partial charge in [-0.1, -0.05) is 6.92 Å². The molecule has 1 heterocycles. The molecule has 0 radical (unpaired) electrons. The molecule has 0 spiro atoms. The van der Waals surface area contributed by atoms with Crippen LogP contribution in [0.4, 0.5) is 5.82 Å². The quantitative estimate of drug-likeness (QED) is 0.806. The number of carbonyl (C=O) groups excluding carboxylic acids is 1. The number of hydrogen-bond acceptors (Lipinski definition) is 4. The van der Waals surface area contributed by atoms with Crippen LogP contribution in [0.15, 0.2) is 12.4 Å². The Morgan fingerprint density at radius 1 is 1.50 bits per heavy atom. The highest BCUT2D eigenvalue weighted by Crippen LogP contribution is 2.32. The van der Waals surface area contributed by atoms with Gasteiger partial charge in [-0.05, 0) is 32.1 Å². The molecule has 0 aliphatic heterocycles. The molecule has 2 N–H and O–H groups in total. The normalized spacial score (nSPS) is 16.1. The predicted octanol–water partition coefficient (Wildman–Crippen LogP) is 1.83. The van der Waals surface area contributed by atoms with Crippen molar-refractivity contribution in [2.75, 3.05) is 11.9 Å². The van der Waals surface area contributed by atoms with E-state index in [0.29, 0.717) is 17.4 Å². The lowest BCUT2D eigenvalue weighted by Crippen LogP contribution is -2.34. The minimum absolute atomic E-state index is 0.137. The van der Waals surface area contributed by atoms with Crippen LogP contribution in [0.5, 0.6) is 0 Å². The third-order valence-corrected chi connectivity index (χ3v) is 3.11. The Balaban J connectivity index is 1.95. The maximum atomic E-state index is 12.0. The van der Waals surface area contributed by atoms with Crippen LogP contribution in [0.25, 0.3) is 0 Å². The molecule has 1 aliphatic carbocycles. The average molecular weight is 248 g/mol. The van der Waals surface area contributed by atoms with Gasteiger partial charge in [0.2, 0.25) is 0 Å². The van der Waals surface area contributed by atoms with E-state index in [1.807, 2.05) is 6.92 Å². The maximum absolute atomic E-state index is 12.0. The lowest BCUT2D eigenvalue weighted by molar-refractivity contribution is 0.0930. The third-order valence-electron chi connectivity index (χ3n) is 3.11. The number of amides is 1. The number of hydrogen-bond donors (Lipinski definition) is 2. The molecule has 1 aromatic rings. The molecule has 1 atom stereocenters. The van der Waals surface area contributed by atoms with E-state index in [-0.39, 0.29) is 11.9 Å². The summed E-state index contributed by atoms with van der Waals surface area (Å²) in [4.78, 5) is 20.3. The molecule has 98 valence electrons.